The maximum atomic E-state index is 14.6. The Morgan fingerprint density at radius 2 is 1.65 bits per heavy atom. The zero-order valence-corrected chi connectivity index (χ0v) is 20.8. The van der Waals surface area contributed by atoms with E-state index in [-0.39, 0.29) is 5.69 Å². The number of amides is 2. The monoisotopic (exact) mass is 504 g/mol. The minimum absolute atomic E-state index is 0.0739. The van der Waals surface area contributed by atoms with Crippen molar-refractivity contribution in [1.82, 2.24) is 0 Å². The SMILES string of the molecule is CCCCOc1ccc([C@H]2[C@H]3C(=O)N(c4ccccc4F)C(=O)[C@@H]3ON2c2ccccc2)cc1OCC. The molecule has 192 valence electrons. The number of unbranched alkanes of at least 4 members (excludes halogenated alkanes) is 1. The third-order valence-corrected chi connectivity index (χ3v) is 6.58. The third-order valence-electron chi connectivity index (χ3n) is 6.58. The quantitative estimate of drug-likeness (QED) is 0.285. The fourth-order valence-corrected chi connectivity index (χ4v) is 4.85. The lowest BCUT2D eigenvalue weighted by atomic mass is 9.90. The highest BCUT2D eigenvalue weighted by Gasteiger charge is 2.60. The molecule has 0 unspecified atom stereocenters. The van der Waals surface area contributed by atoms with E-state index in [0.717, 1.165) is 23.3 Å². The van der Waals surface area contributed by atoms with E-state index in [1.54, 1.807) is 11.1 Å². The van der Waals surface area contributed by atoms with Gasteiger partial charge < -0.3 is 9.47 Å². The summed E-state index contributed by atoms with van der Waals surface area (Å²) >= 11 is 0. The number of fused-ring (bicyclic) bond motifs is 1. The molecule has 2 heterocycles. The maximum absolute atomic E-state index is 14.6. The number of benzene rings is 3. The van der Waals surface area contributed by atoms with Gasteiger partial charge in [-0.1, -0.05) is 49.7 Å². The Balaban J connectivity index is 1.56. The van der Waals surface area contributed by atoms with Crippen molar-refractivity contribution in [3.63, 3.8) is 0 Å². The van der Waals surface area contributed by atoms with Crippen LogP contribution in [0, 0.1) is 11.7 Å². The lowest BCUT2D eigenvalue weighted by Crippen LogP contribution is -2.37. The summed E-state index contributed by atoms with van der Waals surface area (Å²) in [5.41, 5.74) is 1.34. The standard InChI is InChI=1S/C29H29FN2O5/c1-3-5-17-36-23-16-15-19(18-24(23)35-4-2)26-25-27(37-32(26)20-11-7-6-8-12-20)29(34)31(28(25)33)22-14-10-9-13-21(22)30/h6-16,18,25-27H,3-5,17H2,1-2H3/t25-,26+,27-/m1/s1. The van der Waals surface area contributed by atoms with Crippen LogP contribution in [0.2, 0.25) is 0 Å². The second-order valence-electron chi connectivity index (χ2n) is 8.96. The van der Waals surface area contributed by atoms with Crippen LogP contribution in [0.5, 0.6) is 11.5 Å². The Kier molecular flexibility index (Phi) is 7.10. The molecule has 3 aromatic carbocycles. The summed E-state index contributed by atoms with van der Waals surface area (Å²) in [5.74, 6) is -1.46. The Morgan fingerprint density at radius 3 is 2.38 bits per heavy atom. The first kappa shape index (κ1) is 24.8. The van der Waals surface area contributed by atoms with Crippen LogP contribution in [0.15, 0.2) is 72.8 Å². The first-order valence-corrected chi connectivity index (χ1v) is 12.6. The number of rotatable bonds is 9. The minimum atomic E-state index is -1.09. The summed E-state index contributed by atoms with van der Waals surface area (Å²) in [6.07, 6.45) is 0.830. The van der Waals surface area contributed by atoms with Crippen LogP contribution in [0.1, 0.15) is 38.3 Å². The molecule has 7 nitrogen and oxygen atoms in total. The van der Waals surface area contributed by atoms with E-state index in [0.29, 0.717) is 30.4 Å². The van der Waals surface area contributed by atoms with Gasteiger partial charge in [0.2, 0.25) is 5.91 Å². The summed E-state index contributed by atoms with van der Waals surface area (Å²) in [6.45, 7) is 4.98. The van der Waals surface area contributed by atoms with Crippen LogP contribution in [0.4, 0.5) is 15.8 Å². The summed E-state index contributed by atoms with van der Waals surface area (Å²) in [6, 6.07) is 19.9. The van der Waals surface area contributed by atoms with Crippen LogP contribution < -0.4 is 19.4 Å². The molecule has 2 fully saturated rings. The average Bonchev–Trinajstić information content (AvgIpc) is 3.42. The molecule has 2 saturated heterocycles. The van der Waals surface area contributed by atoms with Crippen molar-refractivity contribution in [1.29, 1.82) is 0 Å². The fourth-order valence-electron chi connectivity index (χ4n) is 4.85. The van der Waals surface area contributed by atoms with E-state index in [9.17, 15) is 14.0 Å². The number of carbonyl (C=O) groups excluding carboxylic acids is 2. The van der Waals surface area contributed by atoms with Gasteiger partial charge in [-0.25, -0.2) is 14.4 Å². The lowest BCUT2D eigenvalue weighted by Gasteiger charge is -2.29. The highest BCUT2D eigenvalue weighted by Crippen LogP contribution is 2.49. The Hall–Kier alpha value is -3.91. The second-order valence-corrected chi connectivity index (χ2v) is 8.96. The number of para-hydroxylation sites is 2. The van der Waals surface area contributed by atoms with Gasteiger partial charge in [-0.15, -0.1) is 0 Å². The first-order chi connectivity index (χ1) is 18.0. The predicted molar refractivity (Wildman–Crippen MR) is 137 cm³/mol. The second kappa shape index (κ2) is 10.6. The van der Waals surface area contributed by atoms with Crippen molar-refractivity contribution < 1.29 is 28.3 Å². The van der Waals surface area contributed by atoms with Gasteiger partial charge in [0.05, 0.1) is 30.6 Å². The number of hydrogen-bond acceptors (Lipinski definition) is 6. The largest absolute Gasteiger partial charge is 0.490 e. The smallest absolute Gasteiger partial charge is 0.266 e. The van der Waals surface area contributed by atoms with Gasteiger partial charge in [0.25, 0.3) is 5.91 Å². The molecule has 2 amide bonds. The molecule has 3 atom stereocenters. The van der Waals surface area contributed by atoms with Crippen LogP contribution in [-0.4, -0.2) is 31.1 Å². The van der Waals surface area contributed by atoms with E-state index in [2.05, 4.69) is 6.92 Å². The molecule has 3 aromatic rings. The van der Waals surface area contributed by atoms with Gasteiger partial charge in [-0.3, -0.25) is 14.4 Å². The van der Waals surface area contributed by atoms with Gasteiger partial charge in [0, 0.05) is 0 Å². The molecule has 0 aromatic heterocycles. The molecule has 0 spiro atoms. The number of anilines is 2. The summed E-state index contributed by atoms with van der Waals surface area (Å²) in [7, 11) is 0. The number of halogens is 1. The number of carbonyl (C=O) groups is 2. The molecular formula is C29H29FN2O5. The number of hydroxylamine groups is 1. The van der Waals surface area contributed by atoms with Crippen molar-refractivity contribution in [2.45, 2.75) is 38.8 Å². The minimum Gasteiger partial charge on any atom is -0.490 e. The Morgan fingerprint density at radius 1 is 0.892 bits per heavy atom. The van der Waals surface area contributed by atoms with E-state index < -0.39 is 35.7 Å². The summed E-state index contributed by atoms with van der Waals surface area (Å²) < 4.78 is 26.4. The predicted octanol–water partition coefficient (Wildman–Crippen LogP) is 5.45. The van der Waals surface area contributed by atoms with Crippen molar-refractivity contribution in [3.8, 4) is 11.5 Å². The zero-order chi connectivity index (χ0) is 25.9. The molecule has 5 rings (SSSR count). The van der Waals surface area contributed by atoms with Crippen LogP contribution in [-0.2, 0) is 14.4 Å². The molecule has 2 aliphatic heterocycles. The summed E-state index contributed by atoms with van der Waals surface area (Å²) in [4.78, 5) is 34.2. The molecule has 8 heteroatoms. The molecule has 0 aliphatic carbocycles. The van der Waals surface area contributed by atoms with Crippen LogP contribution in [0.25, 0.3) is 0 Å². The van der Waals surface area contributed by atoms with Gasteiger partial charge >= 0.3 is 0 Å². The van der Waals surface area contributed by atoms with Crippen molar-refractivity contribution >= 4 is 23.2 Å². The van der Waals surface area contributed by atoms with Crippen LogP contribution in [0.3, 0.4) is 0 Å². The Labute approximate surface area is 215 Å². The van der Waals surface area contributed by atoms with Crippen molar-refractivity contribution in [2.24, 2.45) is 5.92 Å². The van der Waals surface area contributed by atoms with E-state index in [4.69, 9.17) is 14.3 Å². The normalized spacial score (nSPS) is 20.9. The number of hydrogen-bond donors (Lipinski definition) is 0. The highest BCUT2D eigenvalue weighted by atomic mass is 19.1. The van der Waals surface area contributed by atoms with Gasteiger partial charge in [0.15, 0.2) is 17.6 Å². The van der Waals surface area contributed by atoms with E-state index in [1.165, 1.54) is 18.2 Å². The number of ether oxygens (including phenoxy) is 2. The van der Waals surface area contributed by atoms with Crippen molar-refractivity contribution in [3.05, 3.63) is 84.2 Å². The molecule has 37 heavy (non-hydrogen) atoms. The highest BCUT2D eigenvalue weighted by molar-refractivity contribution is 6.24. The number of nitrogens with zero attached hydrogens (tertiary/aromatic N) is 2. The number of imide groups is 1. The van der Waals surface area contributed by atoms with Gasteiger partial charge in [0.1, 0.15) is 11.7 Å². The molecular weight excluding hydrogens is 475 g/mol. The molecule has 0 radical (unpaired) electrons. The van der Waals surface area contributed by atoms with Gasteiger partial charge in [-0.05, 0) is 55.3 Å². The average molecular weight is 505 g/mol. The topological polar surface area (TPSA) is 68.3 Å². The van der Waals surface area contributed by atoms with E-state index in [1.807, 2.05) is 55.5 Å². The maximum Gasteiger partial charge on any atom is 0.266 e. The molecule has 0 bridgehead atoms. The van der Waals surface area contributed by atoms with Crippen LogP contribution >= 0.6 is 0 Å². The third kappa shape index (κ3) is 4.53. The zero-order valence-electron chi connectivity index (χ0n) is 20.8. The molecule has 0 N–H and O–H groups in total. The molecule has 2 aliphatic rings. The molecule has 0 saturated carbocycles. The first-order valence-electron chi connectivity index (χ1n) is 12.6. The summed E-state index contributed by atoms with van der Waals surface area (Å²) in [5, 5.41) is 1.60. The van der Waals surface area contributed by atoms with E-state index >= 15 is 0 Å². The van der Waals surface area contributed by atoms with Gasteiger partial charge in [-0.2, -0.15) is 0 Å². The lowest BCUT2D eigenvalue weighted by molar-refractivity contribution is -0.126. The van der Waals surface area contributed by atoms with Crippen molar-refractivity contribution in [2.75, 3.05) is 23.2 Å². The fraction of sp³-hybridized carbons (Fsp3) is 0.310. The Bertz CT molecular complexity index is 1280.